The Kier molecular flexibility index (Phi) is 5.67. The molecule has 2 aliphatic rings. The van der Waals surface area contributed by atoms with Gasteiger partial charge in [0.05, 0.1) is 30.8 Å². The quantitative estimate of drug-likeness (QED) is 0.605. The molecule has 1 heterocycles. The minimum atomic E-state index is -0.347. The van der Waals surface area contributed by atoms with Crippen LogP contribution in [0.1, 0.15) is 53.4 Å². The molecule has 0 radical (unpaired) electrons. The molecule has 0 spiro atoms. The average Bonchev–Trinajstić information content (AvgIpc) is 3.12. The zero-order valence-electron chi connectivity index (χ0n) is 13.7. The number of epoxide rings is 1. The van der Waals surface area contributed by atoms with Crippen molar-refractivity contribution in [1.82, 2.24) is 0 Å². The Morgan fingerprint density at radius 1 is 1.33 bits per heavy atom. The fourth-order valence-corrected chi connectivity index (χ4v) is 3.23. The summed E-state index contributed by atoms with van der Waals surface area (Å²) in [4.78, 5) is 12.3. The van der Waals surface area contributed by atoms with E-state index in [2.05, 4.69) is 27.7 Å². The SMILES string of the molecule is CC(C)C(COC(=O)C1C[C@H](O)CCC1C)CC1OC1C. The number of rotatable bonds is 6. The highest BCUT2D eigenvalue weighted by Gasteiger charge is 2.38. The lowest BCUT2D eigenvalue weighted by Crippen LogP contribution is -2.34. The maximum Gasteiger partial charge on any atom is 0.309 e. The largest absolute Gasteiger partial charge is 0.465 e. The van der Waals surface area contributed by atoms with Crippen molar-refractivity contribution in [3.05, 3.63) is 0 Å². The van der Waals surface area contributed by atoms with E-state index in [0.29, 0.717) is 43.0 Å². The van der Waals surface area contributed by atoms with Crippen LogP contribution in [0.5, 0.6) is 0 Å². The fourth-order valence-electron chi connectivity index (χ4n) is 3.23. The number of carbonyl (C=O) groups excluding carboxylic acids is 1. The summed E-state index contributed by atoms with van der Waals surface area (Å²) in [6.07, 6.45) is 3.57. The lowest BCUT2D eigenvalue weighted by molar-refractivity contribution is -0.155. The van der Waals surface area contributed by atoms with Gasteiger partial charge in [-0.1, -0.05) is 20.8 Å². The number of ether oxygens (including phenoxy) is 2. The van der Waals surface area contributed by atoms with Crippen molar-refractivity contribution in [3.63, 3.8) is 0 Å². The Labute approximate surface area is 128 Å². The minimum Gasteiger partial charge on any atom is -0.465 e. The molecule has 1 N–H and O–H groups in total. The van der Waals surface area contributed by atoms with Crippen LogP contribution in [-0.2, 0) is 14.3 Å². The van der Waals surface area contributed by atoms with Crippen LogP contribution < -0.4 is 0 Å². The molecule has 1 saturated carbocycles. The minimum absolute atomic E-state index is 0.128. The van der Waals surface area contributed by atoms with Crippen molar-refractivity contribution < 1.29 is 19.4 Å². The second-order valence-electron chi connectivity index (χ2n) is 7.30. The fraction of sp³-hybridized carbons (Fsp3) is 0.941. The van der Waals surface area contributed by atoms with Gasteiger partial charge in [-0.15, -0.1) is 0 Å². The van der Waals surface area contributed by atoms with Gasteiger partial charge in [-0.2, -0.15) is 0 Å². The van der Waals surface area contributed by atoms with Gasteiger partial charge in [-0.3, -0.25) is 4.79 Å². The van der Waals surface area contributed by atoms with Crippen LogP contribution in [0.3, 0.4) is 0 Å². The van der Waals surface area contributed by atoms with E-state index < -0.39 is 0 Å². The van der Waals surface area contributed by atoms with Crippen molar-refractivity contribution in [2.75, 3.05) is 6.61 Å². The lowest BCUT2D eigenvalue weighted by Gasteiger charge is -2.31. The smallest absolute Gasteiger partial charge is 0.309 e. The van der Waals surface area contributed by atoms with Gasteiger partial charge in [0, 0.05) is 0 Å². The molecule has 2 fully saturated rings. The van der Waals surface area contributed by atoms with Gasteiger partial charge in [0.1, 0.15) is 0 Å². The van der Waals surface area contributed by atoms with Gasteiger partial charge in [0.2, 0.25) is 0 Å². The number of aliphatic hydroxyl groups is 1. The van der Waals surface area contributed by atoms with Crippen molar-refractivity contribution in [2.24, 2.45) is 23.7 Å². The van der Waals surface area contributed by atoms with Crippen LogP contribution in [0.15, 0.2) is 0 Å². The molecule has 2 rings (SSSR count). The Morgan fingerprint density at radius 3 is 2.57 bits per heavy atom. The van der Waals surface area contributed by atoms with Gasteiger partial charge in [0.15, 0.2) is 0 Å². The van der Waals surface area contributed by atoms with E-state index >= 15 is 0 Å². The van der Waals surface area contributed by atoms with E-state index in [9.17, 15) is 9.90 Å². The van der Waals surface area contributed by atoms with Crippen LogP contribution in [-0.4, -0.2) is 36.0 Å². The third-order valence-corrected chi connectivity index (χ3v) is 5.22. The summed E-state index contributed by atoms with van der Waals surface area (Å²) in [6, 6.07) is 0. The van der Waals surface area contributed by atoms with E-state index in [1.807, 2.05) is 0 Å². The molecule has 6 atom stereocenters. The second kappa shape index (κ2) is 7.10. The summed E-state index contributed by atoms with van der Waals surface area (Å²) >= 11 is 0. The maximum atomic E-state index is 12.3. The van der Waals surface area contributed by atoms with Crippen molar-refractivity contribution in [1.29, 1.82) is 0 Å². The van der Waals surface area contributed by atoms with Crippen molar-refractivity contribution >= 4 is 5.97 Å². The third kappa shape index (κ3) is 4.68. The molecule has 1 saturated heterocycles. The van der Waals surface area contributed by atoms with Crippen LogP contribution in [0, 0.1) is 23.7 Å². The van der Waals surface area contributed by atoms with Crippen LogP contribution in [0.25, 0.3) is 0 Å². The average molecular weight is 298 g/mol. The highest BCUT2D eigenvalue weighted by molar-refractivity contribution is 5.73. The van der Waals surface area contributed by atoms with Gasteiger partial charge in [-0.25, -0.2) is 0 Å². The Balaban J connectivity index is 1.80. The molecule has 1 aliphatic carbocycles. The Bertz CT molecular complexity index is 355. The zero-order chi connectivity index (χ0) is 15.6. The normalized spacial score (nSPS) is 37.3. The Hall–Kier alpha value is -0.610. The van der Waals surface area contributed by atoms with Crippen LogP contribution in [0.4, 0.5) is 0 Å². The highest BCUT2D eigenvalue weighted by Crippen LogP contribution is 2.33. The number of esters is 1. The monoisotopic (exact) mass is 298 g/mol. The van der Waals surface area contributed by atoms with Gasteiger partial charge in [0.25, 0.3) is 0 Å². The molecule has 21 heavy (non-hydrogen) atoms. The molecule has 0 bridgehead atoms. The summed E-state index contributed by atoms with van der Waals surface area (Å²) in [6.45, 7) is 8.97. The van der Waals surface area contributed by atoms with E-state index in [0.717, 1.165) is 19.3 Å². The van der Waals surface area contributed by atoms with Crippen molar-refractivity contribution in [3.8, 4) is 0 Å². The topological polar surface area (TPSA) is 59.1 Å². The molecule has 4 nitrogen and oxygen atoms in total. The number of aliphatic hydroxyl groups excluding tert-OH is 1. The first-order valence-corrected chi connectivity index (χ1v) is 8.38. The van der Waals surface area contributed by atoms with Crippen LogP contribution >= 0.6 is 0 Å². The molecule has 5 unspecified atom stereocenters. The summed E-state index contributed by atoms with van der Waals surface area (Å²) < 4.78 is 11.1. The molecule has 0 aromatic rings. The first kappa shape index (κ1) is 16.8. The third-order valence-electron chi connectivity index (χ3n) is 5.22. The molecular weight excluding hydrogens is 268 g/mol. The first-order chi connectivity index (χ1) is 9.88. The highest BCUT2D eigenvalue weighted by atomic mass is 16.6. The number of hydrogen-bond acceptors (Lipinski definition) is 4. The molecular formula is C17H30O4. The summed E-state index contributed by atoms with van der Waals surface area (Å²) in [5, 5.41) is 9.74. The van der Waals surface area contributed by atoms with E-state index in [4.69, 9.17) is 9.47 Å². The standard InChI is InChI=1S/C17H30O4/c1-10(2)13(7-16-12(4)21-16)9-20-17(19)15-8-14(18)6-5-11(15)3/h10-16,18H,5-9H2,1-4H3/t11?,12?,13?,14-,15?,16?/m1/s1. The van der Waals surface area contributed by atoms with E-state index in [1.54, 1.807) is 0 Å². The van der Waals surface area contributed by atoms with E-state index in [1.165, 1.54) is 0 Å². The maximum absolute atomic E-state index is 12.3. The van der Waals surface area contributed by atoms with Gasteiger partial charge < -0.3 is 14.6 Å². The van der Waals surface area contributed by atoms with E-state index in [-0.39, 0.29) is 18.0 Å². The molecule has 1 aliphatic heterocycles. The summed E-state index contributed by atoms with van der Waals surface area (Å²) in [5.41, 5.74) is 0. The second-order valence-corrected chi connectivity index (χ2v) is 7.30. The predicted octanol–water partition coefficient (Wildman–Crippen LogP) is 2.78. The van der Waals surface area contributed by atoms with Crippen molar-refractivity contribution in [2.45, 2.75) is 71.7 Å². The number of carbonyl (C=O) groups is 1. The predicted molar refractivity (Wildman–Crippen MR) is 80.8 cm³/mol. The summed E-state index contributed by atoms with van der Waals surface area (Å²) in [7, 11) is 0. The van der Waals surface area contributed by atoms with Gasteiger partial charge in [-0.05, 0) is 50.4 Å². The lowest BCUT2D eigenvalue weighted by atomic mass is 9.79. The van der Waals surface area contributed by atoms with Crippen LogP contribution in [0.2, 0.25) is 0 Å². The first-order valence-electron chi connectivity index (χ1n) is 8.38. The molecule has 0 aromatic heterocycles. The molecule has 0 amide bonds. The van der Waals surface area contributed by atoms with Gasteiger partial charge >= 0.3 is 5.97 Å². The molecule has 122 valence electrons. The zero-order valence-corrected chi connectivity index (χ0v) is 13.7. The summed E-state index contributed by atoms with van der Waals surface area (Å²) in [5.74, 6) is 0.871. The molecule has 0 aromatic carbocycles. The number of hydrogen-bond donors (Lipinski definition) is 1. The molecule has 4 heteroatoms. The Morgan fingerprint density at radius 2 is 2.00 bits per heavy atom.